The summed E-state index contributed by atoms with van der Waals surface area (Å²) in [6.45, 7) is 1.83. The van der Waals surface area contributed by atoms with Crippen molar-refractivity contribution in [2.75, 3.05) is 0 Å². The van der Waals surface area contributed by atoms with Crippen LogP contribution in [0, 0.1) is 11.3 Å². The van der Waals surface area contributed by atoms with Crippen LogP contribution < -0.4 is 5.32 Å². The number of carbonyl (C=O) groups excluding carboxylic acids is 1. The maximum Gasteiger partial charge on any atom is 0.274 e. The number of nitriles is 1. The molecule has 5 nitrogen and oxygen atoms in total. The average molecular weight is 261 g/mol. The van der Waals surface area contributed by atoms with Crippen LogP contribution in [0.5, 0.6) is 0 Å². The Balaban J connectivity index is 2.11. The van der Waals surface area contributed by atoms with Crippen LogP contribution in [-0.4, -0.2) is 17.1 Å². The lowest BCUT2D eigenvalue weighted by molar-refractivity contribution is 0.0935. The molecular formula is C12H11N3O2S. The molecule has 18 heavy (non-hydrogen) atoms. The third-order valence-electron chi connectivity index (χ3n) is 2.38. The first-order chi connectivity index (χ1) is 8.74. The first-order valence-corrected chi connectivity index (χ1v) is 6.33. The Bertz CT molecular complexity index is 568. The zero-order chi connectivity index (χ0) is 13.0. The normalized spacial score (nSPS) is 11.8. The van der Waals surface area contributed by atoms with E-state index in [1.165, 1.54) is 11.3 Å². The predicted molar refractivity (Wildman–Crippen MR) is 67.0 cm³/mol. The summed E-state index contributed by atoms with van der Waals surface area (Å²) in [5, 5.41) is 17.0. The smallest absolute Gasteiger partial charge is 0.274 e. The number of aromatic nitrogens is 1. The number of nitrogens with zero attached hydrogens (tertiary/aromatic N) is 2. The highest BCUT2D eigenvalue weighted by Gasteiger charge is 2.16. The van der Waals surface area contributed by atoms with E-state index in [1.807, 2.05) is 30.5 Å². The van der Waals surface area contributed by atoms with Crippen LogP contribution in [0.2, 0.25) is 0 Å². The van der Waals surface area contributed by atoms with Gasteiger partial charge in [-0.05, 0) is 17.9 Å². The molecule has 2 heterocycles. The minimum atomic E-state index is -0.501. The van der Waals surface area contributed by atoms with E-state index < -0.39 is 11.9 Å². The van der Waals surface area contributed by atoms with Crippen molar-refractivity contribution < 1.29 is 9.32 Å². The van der Waals surface area contributed by atoms with Crippen LogP contribution in [-0.2, 0) is 0 Å². The molecule has 0 bridgehead atoms. The molecule has 0 aliphatic carbocycles. The third-order valence-corrected chi connectivity index (χ3v) is 3.26. The zero-order valence-corrected chi connectivity index (χ0v) is 10.5. The Morgan fingerprint density at radius 1 is 1.72 bits per heavy atom. The summed E-state index contributed by atoms with van der Waals surface area (Å²) in [5.74, 6) is 0.162. The van der Waals surface area contributed by atoms with Gasteiger partial charge in [-0.15, -0.1) is 11.3 Å². The van der Waals surface area contributed by atoms with Gasteiger partial charge in [0, 0.05) is 6.07 Å². The van der Waals surface area contributed by atoms with Crippen molar-refractivity contribution in [3.8, 4) is 16.7 Å². The van der Waals surface area contributed by atoms with Crippen molar-refractivity contribution in [3.05, 3.63) is 29.3 Å². The van der Waals surface area contributed by atoms with Crippen LogP contribution in [0.15, 0.2) is 28.1 Å². The molecule has 0 saturated carbocycles. The van der Waals surface area contributed by atoms with Crippen LogP contribution in [0.25, 0.3) is 10.6 Å². The Morgan fingerprint density at radius 3 is 3.17 bits per heavy atom. The molecule has 0 aliphatic heterocycles. The van der Waals surface area contributed by atoms with Crippen molar-refractivity contribution in [1.29, 1.82) is 5.26 Å². The van der Waals surface area contributed by atoms with Gasteiger partial charge in [0.2, 0.25) is 0 Å². The second kappa shape index (κ2) is 5.47. The summed E-state index contributed by atoms with van der Waals surface area (Å²) in [6, 6.07) is 6.85. The van der Waals surface area contributed by atoms with Gasteiger partial charge in [0.1, 0.15) is 6.04 Å². The average Bonchev–Trinajstić information content (AvgIpc) is 3.04. The topological polar surface area (TPSA) is 78.9 Å². The van der Waals surface area contributed by atoms with Crippen molar-refractivity contribution in [2.24, 2.45) is 0 Å². The predicted octanol–water partition coefficient (Wildman–Crippen LogP) is 2.44. The second-order valence-corrected chi connectivity index (χ2v) is 4.56. The summed E-state index contributed by atoms with van der Waals surface area (Å²) in [4.78, 5) is 12.7. The number of rotatable bonds is 4. The van der Waals surface area contributed by atoms with Gasteiger partial charge in [0.15, 0.2) is 11.5 Å². The van der Waals surface area contributed by atoms with Crippen molar-refractivity contribution in [2.45, 2.75) is 19.4 Å². The minimum Gasteiger partial charge on any atom is -0.355 e. The fourth-order valence-electron chi connectivity index (χ4n) is 1.37. The molecule has 1 unspecified atom stereocenters. The highest BCUT2D eigenvalue weighted by Crippen LogP contribution is 2.25. The summed E-state index contributed by atoms with van der Waals surface area (Å²) in [6.07, 6.45) is 0.553. The number of carbonyl (C=O) groups is 1. The molecular weight excluding hydrogens is 250 g/mol. The second-order valence-electron chi connectivity index (χ2n) is 3.62. The molecule has 2 aromatic heterocycles. The van der Waals surface area contributed by atoms with Gasteiger partial charge in [0.25, 0.3) is 5.91 Å². The minimum absolute atomic E-state index is 0.187. The number of hydrogen-bond acceptors (Lipinski definition) is 5. The number of amides is 1. The van der Waals surface area contributed by atoms with Crippen molar-refractivity contribution >= 4 is 17.2 Å². The lowest BCUT2D eigenvalue weighted by atomic mass is 10.2. The molecule has 1 N–H and O–H groups in total. The monoisotopic (exact) mass is 261 g/mol. The van der Waals surface area contributed by atoms with E-state index in [0.717, 1.165) is 4.88 Å². The molecule has 0 fully saturated rings. The molecule has 0 radical (unpaired) electrons. The number of hydrogen-bond donors (Lipinski definition) is 1. The first kappa shape index (κ1) is 12.3. The molecule has 0 spiro atoms. The van der Waals surface area contributed by atoms with E-state index in [1.54, 1.807) is 6.07 Å². The molecule has 1 amide bonds. The van der Waals surface area contributed by atoms with Crippen molar-refractivity contribution in [3.63, 3.8) is 0 Å². The van der Waals surface area contributed by atoms with E-state index in [9.17, 15) is 4.79 Å². The van der Waals surface area contributed by atoms with Gasteiger partial charge >= 0.3 is 0 Å². The van der Waals surface area contributed by atoms with E-state index in [2.05, 4.69) is 10.5 Å². The van der Waals surface area contributed by atoms with E-state index >= 15 is 0 Å². The number of thiophene rings is 1. The first-order valence-electron chi connectivity index (χ1n) is 5.45. The molecule has 2 aromatic rings. The molecule has 0 aliphatic rings. The van der Waals surface area contributed by atoms with Crippen LogP contribution in [0.1, 0.15) is 23.8 Å². The Labute approximate surface area is 108 Å². The molecule has 2 rings (SSSR count). The standard InChI is InChI=1S/C12H11N3O2S/c1-2-8(7-13)14-12(16)9-6-10(17-15-9)11-4-3-5-18-11/h3-6,8H,2H2,1H3,(H,14,16). The summed E-state index contributed by atoms with van der Waals surface area (Å²) in [7, 11) is 0. The van der Waals surface area contributed by atoms with Gasteiger partial charge in [-0.2, -0.15) is 5.26 Å². The summed E-state index contributed by atoms with van der Waals surface area (Å²) < 4.78 is 5.10. The molecule has 0 saturated heterocycles. The lowest BCUT2D eigenvalue weighted by Crippen LogP contribution is -2.33. The molecule has 92 valence electrons. The fraction of sp³-hybridized carbons (Fsp3) is 0.250. The lowest BCUT2D eigenvalue weighted by Gasteiger charge is -2.05. The SMILES string of the molecule is CCC(C#N)NC(=O)c1cc(-c2cccs2)on1. The summed E-state index contributed by atoms with van der Waals surface area (Å²) >= 11 is 1.51. The van der Waals surface area contributed by atoms with Gasteiger partial charge in [-0.3, -0.25) is 4.79 Å². The van der Waals surface area contributed by atoms with Crippen LogP contribution in [0.4, 0.5) is 0 Å². The van der Waals surface area contributed by atoms with Gasteiger partial charge < -0.3 is 9.84 Å². The molecule has 0 aromatic carbocycles. The Kier molecular flexibility index (Phi) is 3.75. The zero-order valence-electron chi connectivity index (χ0n) is 9.71. The maximum absolute atomic E-state index is 11.8. The van der Waals surface area contributed by atoms with E-state index in [0.29, 0.717) is 12.2 Å². The Morgan fingerprint density at radius 2 is 2.56 bits per heavy atom. The van der Waals surface area contributed by atoms with Gasteiger partial charge in [-0.25, -0.2) is 0 Å². The largest absolute Gasteiger partial charge is 0.355 e. The van der Waals surface area contributed by atoms with Gasteiger partial charge in [-0.1, -0.05) is 18.1 Å². The van der Waals surface area contributed by atoms with E-state index in [4.69, 9.17) is 9.78 Å². The highest BCUT2D eigenvalue weighted by atomic mass is 32.1. The van der Waals surface area contributed by atoms with Crippen LogP contribution in [0.3, 0.4) is 0 Å². The maximum atomic E-state index is 11.8. The van der Waals surface area contributed by atoms with Crippen molar-refractivity contribution in [1.82, 2.24) is 10.5 Å². The highest BCUT2D eigenvalue weighted by molar-refractivity contribution is 7.13. The summed E-state index contributed by atoms with van der Waals surface area (Å²) in [5.41, 5.74) is 0.187. The quantitative estimate of drug-likeness (QED) is 0.916. The van der Waals surface area contributed by atoms with E-state index in [-0.39, 0.29) is 5.69 Å². The number of nitrogens with one attached hydrogen (secondary N) is 1. The molecule has 6 heteroatoms. The Hall–Kier alpha value is -2.13. The fourth-order valence-corrected chi connectivity index (χ4v) is 2.05. The third kappa shape index (κ3) is 2.57. The molecule has 1 atom stereocenters. The van der Waals surface area contributed by atoms with Gasteiger partial charge in [0.05, 0.1) is 10.9 Å². The van der Waals surface area contributed by atoms with Crippen LogP contribution >= 0.6 is 11.3 Å².